The van der Waals surface area contributed by atoms with E-state index >= 15 is 0 Å². The highest BCUT2D eigenvalue weighted by Gasteiger charge is 2.66. The smallest absolute Gasteiger partial charge is 0.292 e. The molecule has 1 aromatic carbocycles. The average Bonchev–Trinajstić information content (AvgIpc) is 3.23. The van der Waals surface area contributed by atoms with Crippen LogP contribution < -0.4 is 5.43 Å². The summed E-state index contributed by atoms with van der Waals surface area (Å²) in [5, 5.41) is 31.0. The predicted octanol–water partition coefficient (Wildman–Crippen LogP) is 4.45. The summed E-state index contributed by atoms with van der Waals surface area (Å²) in [5.41, 5.74) is 2.48. The van der Waals surface area contributed by atoms with Gasteiger partial charge in [0.15, 0.2) is 5.76 Å². The third-order valence-corrected chi connectivity index (χ3v) is 5.78. The van der Waals surface area contributed by atoms with Gasteiger partial charge in [-0.2, -0.15) is 9.84 Å². The Morgan fingerprint density at radius 1 is 1.29 bits per heavy atom. The SMILES string of the molecule is CC1(C)C(c2ccco2)=[N+]([O-])[C@@]2(CCCC/C2=N/Nc2cccc(Cl)c2)N1O. The van der Waals surface area contributed by atoms with Crippen molar-refractivity contribution in [1.29, 1.82) is 0 Å². The van der Waals surface area contributed by atoms with Crippen LogP contribution in [0.1, 0.15) is 45.3 Å². The Bertz CT molecular complexity index is 939. The Kier molecular flexibility index (Phi) is 4.69. The second-order valence-corrected chi connectivity index (χ2v) is 8.13. The topological polar surface area (TPSA) is 87.1 Å². The molecule has 1 spiro atoms. The molecule has 1 aliphatic carbocycles. The highest BCUT2D eigenvalue weighted by atomic mass is 35.5. The van der Waals surface area contributed by atoms with Gasteiger partial charge in [-0.1, -0.05) is 17.7 Å². The first-order valence-electron chi connectivity index (χ1n) is 9.34. The zero-order valence-electron chi connectivity index (χ0n) is 15.9. The van der Waals surface area contributed by atoms with E-state index in [0.29, 0.717) is 35.0 Å². The lowest BCUT2D eigenvalue weighted by molar-refractivity contribution is -0.568. The molecule has 7 nitrogen and oxygen atoms in total. The van der Waals surface area contributed by atoms with E-state index in [1.165, 1.54) is 6.26 Å². The van der Waals surface area contributed by atoms with Gasteiger partial charge in [-0.3, -0.25) is 5.43 Å². The first-order valence-corrected chi connectivity index (χ1v) is 9.71. The number of hydrazone groups is 1. The molecule has 1 saturated carbocycles. The molecule has 1 aromatic heterocycles. The van der Waals surface area contributed by atoms with Crippen molar-refractivity contribution in [1.82, 2.24) is 5.06 Å². The number of hydrogen-bond donors (Lipinski definition) is 2. The van der Waals surface area contributed by atoms with Crippen LogP contribution >= 0.6 is 11.6 Å². The molecule has 4 rings (SSSR count). The van der Waals surface area contributed by atoms with Crippen molar-refractivity contribution in [3.05, 3.63) is 58.7 Å². The van der Waals surface area contributed by atoms with E-state index in [1.54, 1.807) is 38.1 Å². The third-order valence-electron chi connectivity index (χ3n) is 5.55. The van der Waals surface area contributed by atoms with Crippen molar-refractivity contribution < 1.29 is 14.4 Å². The molecule has 1 aliphatic heterocycles. The molecule has 0 saturated heterocycles. The van der Waals surface area contributed by atoms with Gasteiger partial charge in [0.05, 0.1) is 12.0 Å². The molecule has 2 N–H and O–H groups in total. The summed E-state index contributed by atoms with van der Waals surface area (Å²) < 4.78 is 6.38. The molecule has 2 aliphatic rings. The zero-order chi connectivity index (χ0) is 19.9. The normalized spacial score (nSPS) is 26.4. The average molecular weight is 403 g/mol. The molecule has 0 unspecified atom stereocenters. The minimum atomic E-state index is -1.27. The zero-order valence-corrected chi connectivity index (χ0v) is 16.6. The number of hydrogen-bond acceptors (Lipinski definition) is 6. The quantitative estimate of drug-likeness (QED) is 0.449. The summed E-state index contributed by atoms with van der Waals surface area (Å²) in [6, 6.07) is 10.7. The summed E-state index contributed by atoms with van der Waals surface area (Å²) in [7, 11) is 0. The maximum absolute atomic E-state index is 13.6. The van der Waals surface area contributed by atoms with Gasteiger partial charge in [-0.15, -0.1) is 5.06 Å². The van der Waals surface area contributed by atoms with Crippen molar-refractivity contribution in [2.45, 2.75) is 50.7 Å². The number of benzene rings is 1. The molecular formula is C20H23ClN4O3. The summed E-state index contributed by atoms with van der Waals surface area (Å²) in [5.74, 6) is 0.448. The van der Waals surface area contributed by atoms with Gasteiger partial charge in [0.2, 0.25) is 0 Å². The molecule has 2 aromatic rings. The van der Waals surface area contributed by atoms with Crippen molar-refractivity contribution in [2.75, 3.05) is 5.43 Å². The van der Waals surface area contributed by atoms with Crippen LogP contribution in [0.15, 0.2) is 52.2 Å². The van der Waals surface area contributed by atoms with E-state index in [4.69, 9.17) is 16.0 Å². The highest BCUT2D eigenvalue weighted by Crippen LogP contribution is 2.42. The molecule has 28 heavy (non-hydrogen) atoms. The van der Waals surface area contributed by atoms with E-state index < -0.39 is 11.2 Å². The fourth-order valence-electron chi connectivity index (χ4n) is 4.19. The number of furan rings is 1. The van der Waals surface area contributed by atoms with Gasteiger partial charge in [0.1, 0.15) is 11.3 Å². The first-order chi connectivity index (χ1) is 13.4. The Labute approximate surface area is 168 Å². The van der Waals surface area contributed by atoms with Gasteiger partial charge >= 0.3 is 0 Å². The Balaban J connectivity index is 1.79. The fraction of sp³-hybridized carbons (Fsp3) is 0.400. The molecule has 8 heteroatoms. The molecule has 2 heterocycles. The Morgan fingerprint density at radius 3 is 2.82 bits per heavy atom. The second-order valence-electron chi connectivity index (χ2n) is 7.70. The number of nitrogens with one attached hydrogen (secondary N) is 1. The van der Waals surface area contributed by atoms with Crippen LogP contribution in [0.5, 0.6) is 0 Å². The lowest BCUT2D eigenvalue weighted by atomic mass is 9.86. The van der Waals surface area contributed by atoms with Gasteiger partial charge in [0, 0.05) is 11.4 Å². The van der Waals surface area contributed by atoms with Crippen LogP contribution in [0.25, 0.3) is 0 Å². The standard InChI is InChI=1S/C20H23ClN4O3/c1-19(2)18(16-9-6-12-28-16)24(26)20(25(19)27)11-4-3-10-17(20)23-22-15-8-5-7-14(21)13-15/h5-9,12-13,22,27H,3-4,10-11H2,1-2H3/b23-17-/t20-/m0/s1. The van der Waals surface area contributed by atoms with Crippen molar-refractivity contribution >= 4 is 28.7 Å². The minimum absolute atomic E-state index is 0.386. The second kappa shape index (κ2) is 6.92. The number of anilines is 1. The van der Waals surface area contributed by atoms with Gasteiger partial charge < -0.3 is 14.8 Å². The number of hydroxylamine groups is 3. The first kappa shape index (κ1) is 19.0. The van der Waals surface area contributed by atoms with Crippen LogP contribution in [-0.2, 0) is 0 Å². The predicted molar refractivity (Wildman–Crippen MR) is 108 cm³/mol. The molecule has 0 bridgehead atoms. The minimum Gasteiger partial charge on any atom is -0.622 e. The maximum Gasteiger partial charge on any atom is 0.292 e. The van der Waals surface area contributed by atoms with Gasteiger partial charge in [-0.25, -0.2) is 0 Å². The summed E-state index contributed by atoms with van der Waals surface area (Å²) >= 11 is 6.04. The van der Waals surface area contributed by atoms with E-state index in [-0.39, 0.29) is 0 Å². The molecule has 1 fully saturated rings. The van der Waals surface area contributed by atoms with E-state index in [2.05, 4.69) is 10.5 Å². The number of halogens is 1. The van der Waals surface area contributed by atoms with Gasteiger partial charge in [0.25, 0.3) is 11.4 Å². The van der Waals surface area contributed by atoms with Crippen molar-refractivity contribution in [2.24, 2.45) is 5.10 Å². The monoisotopic (exact) mass is 402 g/mol. The maximum atomic E-state index is 13.6. The van der Waals surface area contributed by atoms with Crippen LogP contribution in [0.4, 0.5) is 5.69 Å². The van der Waals surface area contributed by atoms with Crippen molar-refractivity contribution in [3.8, 4) is 0 Å². The van der Waals surface area contributed by atoms with Crippen LogP contribution in [-0.4, -0.2) is 37.6 Å². The lowest BCUT2D eigenvalue weighted by Gasteiger charge is -2.38. The Hall–Kier alpha value is -2.35. The molecule has 0 amide bonds. The highest BCUT2D eigenvalue weighted by molar-refractivity contribution is 6.30. The van der Waals surface area contributed by atoms with E-state index in [9.17, 15) is 10.4 Å². The van der Waals surface area contributed by atoms with Crippen LogP contribution in [0, 0.1) is 5.21 Å². The number of rotatable bonds is 3. The summed E-state index contributed by atoms with van der Waals surface area (Å²) in [4.78, 5) is 0. The fourth-order valence-corrected chi connectivity index (χ4v) is 4.38. The molecule has 0 radical (unpaired) electrons. The van der Waals surface area contributed by atoms with Gasteiger partial charge in [-0.05, 0) is 63.4 Å². The van der Waals surface area contributed by atoms with E-state index in [0.717, 1.165) is 28.3 Å². The third kappa shape index (κ3) is 2.82. The van der Waals surface area contributed by atoms with Crippen molar-refractivity contribution in [3.63, 3.8) is 0 Å². The molecule has 1 atom stereocenters. The summed E-state index contributed by atoms with van der Waals surface area (Å²) in [6.07, 6.45) is 4.31. The Morgan fingerprint density at radius 2 is 2.11 bits per heavy atom. The van der Waals surface area contributed by atoms with Crippen LogP contribution in [0.3, 0.4) is 0 Å². The lowest BCUT2D eigenvalue weighted by Crippen LogP contribution is -2.60. The van der Waals surface area contributed by atoms with E-state index in [1.807, 2.05) is 12.1 Å². The largest absolute Gasteiger partial charge is 0.622 e. The molecular weight excluding hydrogens is 380 g/mol. The molecule has 148 valence electrons. The van der Waals surface area contributed by atoms with Crippen LogP contribution in [0.2, 0.25) is 5.02 Å². The number of nitrogens with zero attached hydrogens (tertiary/aromatic N) is 3. The summed E-state index contributed by atoms with van der Waals surface area (Å²) in [6.45, 7) is 3.61.